The molecule has 1 saturated carbocycles. The molecule has 29 heavy (non-hydrogen) atoms. The minimum absolute atomic E-state index is 0.00235. The van der Waals surface area contributed by atoms with Crippen molar-refractivity contribution >= 4 is 11.8 Å². The Morgan fingerprint density at radius 1 is 1.28 bits per heavy atom. The van der Waals surface area contributed by atoms with Gasteiger partial charge in [-0.25, -0.2) is 0 Å². The Kier molecular flexibility index (Phi) is 4.94. The van der Waals surface area contributed by atoms with Crippen molar-refractivity contribution in [2.24, 2.45) is 5.41 Å². The van der Waals surface area contributed by atoms with Crippen molar-refractivity contribution in [3.63, 3.8) is 0 Å². The molecule has 2 amide bonds. The highest BCUT2D eigenvalue weighted by Crippen LogP contribution is 2.37. The van der Waals surface area contributed by atoms with Gasteiger partial charge in [-0.05, 0) is 43.9 Å². The predicted molar refractivity (Wildman–Crippen MR) is 107 cm³/mol. The first-order chi connectivity index (χ1) is 13.9. The van der Waals surface area contributed by atoms with Crippen molar-refractivity contribution in [1.82, 2.24) is 20.4 Å². The molecule has 1 aromatic heterocycles. The summed E-state index contributed by atoms with van der Waals surface area (Å²) in [5, 5.41) is 8.34. The van der Waals surface area contributed by atoms with Crippen LogP contribution < -0.4 is 15.6 Å². The Hall–Kier alpha value is -3.03. The van der Waals surface area contributed by atoms with Crippen molar-refractivity contribution in [3.8, 4) is 5.75 Å². The standard InChI is InChI=1S/C21H26N4O4/c1-13-17(19(27)24-23-13)9-18(26)25-11-21(12-25,20(28)22-15-6-7-15)10-14-4-3-5-16(8-14)29-2/h3-5,8,15H,6-7,9-12H2,1-2H3,(H,22,28)(H2,23,24,27). The molecule has 1 aromatic carbocycles. The fourth-order valence-electron chi connectivity index (χ4n) is 3.88. The average Bonchev–Trinajstić information content (AvgIpc) is 3.44. The molecule has 2 heterocycles. The van der Waals surface area contributed by atoms with Gasteiger partial charge in [-0.15, -0.1) is 0 Å². The first kappa shape index (κ1) is 19.3. The SMILES string of the molecule is COc1cccc(CC2(C(=O)NC3CC3)CN(C(=O)Cc3c(C)[nH][nH]c3=O)C2)c1. The number of ether oxygens (including phenoxy) is 1. The maximum absolute atomic E-state index is 13.0. The first-order valence-electron chi connectivity index (χ1n) is 9.88. The van der Waals surface area contributed by atoms with E-state index in [1.54, 1.807) is 18.9 Å². The van der Waals surface area contributed by atoms with Crippen LogP contribution >= 0.6 is 0 Å². The number of H-pyrrole nitrogens is 2. The number of amides is 2. The Balaban J connectivity index is 1.48. The third-order valence-electron chi connectivity index (χ3n) is 5.83. The molecule has 0 bridgehead atoms. The molecule has 0 radical (unpaired) electrons. The predicted octanol–water partition coefficient (Wildman–Crippen LogP) is 0.912. The topological polar surface area (TPSA) is 107 Å². The number of rotatable bonds is 7. The number of nitrogens with zero attached hydrogens (tertiary/aromatic N) is 1. The van der Waals surface area contributed by atoms with Crippen molar-refractivity contribution in [3.05, 3.63) is 51.4 Å². The van der Waals surface area contributed by atoms with Crippen LogP contribution in [0.2, 0.25) is 0 Å². The largest absolute Gasteiger partial charge is 0.497 e. The van der Waals surface area contributed by atoms with Crippen LogP contribution in [0.25, 0.3) is 0 Å². The number of aromatic amines is 2. The lowest BCUT2D eigenvalue weighted by atomic mass is 9.73. The molecule has 8 heteroatoms. The first-order valence-corrected chi connectivity index (χ1v) is 9.88. The Morgan fingerprint density at radius 2 is 2.03 bits per heavy atom. The van der Waals surface area contributed by atoms with Gasteiger partial charge in [0.2, 0.25) is 11.8 Å². The lowest BCUT2D eigenvalue weighted by Gasteiger charge is -2.49. The van der Waals surface area contributed by atoms with E-state index in [4.69, 9.17) is 4.74 Å². The summed E-state index contributed by atoms with van der Waals surface area (Å²) in [6.07, 6.45) is 2.60. The van der Waals surface area contributed by atoms with E-state index in [1.807, 2.05) is 24.3 Å². The fraction of sp³-hybridized carbons (Fsp3) is 0.476. The minimum Gasteiger partial charge on any atom is -0.497 e. The molecule has 3 N–H and O–H groups in total. The summed E-state index contributed by atoms with van der Waals surface area (Å²) in [6.45, 7) is 2.46. The van der Waals surface area contributed by atoms with Crippen LogP contribution in [-0.4, -0.2) is 53.2 Å². The molecular weight excluding hydrogens is 372 g/mol. The van der Waals surface area contributed by atoms with Crippen LogP contribution in [0.1, 0.15) is 29.7 Å². The quantitative estimate of drug-likeness (QED) is 0.644. The molecular formula is C21H26N4O4. The number of hydrogen-bond donors (Lipinski definition) is 3. The van der Waals surface area contributed by atoms with Crippen LogP contribution in [0.3, 0.4) is 0 Å². The molecule has 0 spiro atoms. The van der Waals surface area contributed by atoms with E-state index in [2.05, 4.69) is 15.5 Å². The van der Waals surface area contributed by atoms with E-state index in [0.29, 0.717) is 30.8 Å². The monoisotopic (exact) mass is 398 g/mol. The normalized spacial score (nSPS) is 17.5. The summed E-state index contributed by atoms with van der Waals surface area (Å²) in [5.74, 6) is 0.607. The fourth-order valence-corrected chi connectivity index (χ4v) is 3.88. The summed E-state index contributed by atoms with van der Waals surface area (Å²) in [7, 11) is 1.61. The highest BCUT2D eigenvalue weighted by Gasteiger charge is 2.51. The van der Waals surface area contributed by atoms with E-state index < -0.39 is 5.41 Å². The molecule has 1 aliphatic heterocycles. The number of benzene rings is 1. The maximum atomic E-state index is 13.0. The van der Waals surface area contributed by atoms with E-state index in [-0.39, 0.29) is 29.8 Å². The van der Waals surface area contributed by atoms with Crippen molar-refractivity contribution < 1.29 is 14.3 Å². The summed E-state index contributed by atoms with van der Waals surface area (Å²) < 4.78 is 5.30. The van der Waals surface area contributed by atoms with Crippen LogP contribution in [0.5, 0.6) is 5.75 Å². The molecule has 154 valence electrons. The second kappa shape index (κ2) is 7.42. The van der Waals surface area contributed by atoms with Gasteiger partial charge in [0.25, 0.3) is 5.56 Å². The van der Waals surface area contributed by atoms with E-state index in [9.17, 15) is 14.4 Å². The van der Waals surface area contributed by atoms with Gasteiger partial charge in [0.1, 0.15) is 5.75 Å². The number of aromatic nitrogens is 2. The summed E-state index contributed by atoms with van der Waals surface area (Å²) >= 11 is 0. The molecule has 1 saturated heterocycles. The average molecular weight is 398 g/mol. The van der Waals surface area contributed by atoms with E-state index >= 15 is 0 Å². The van der Waals surface area contributed by atoms with Gasteiger partial charge < -0.3 is 20.1 Å². The Morgan fingerprint density at radius 3 is 2.66 bits per heavy atom. The van der Waals surface area contributed by atoms with Crippen LogP contribution in [-0.2, 0) is 22.4 Å². The third-order valence-corrected chi connectivity index (χ3v) is 5.83. The molecule has 8 nitrogen and oxygen atoms in total. The van der Waals surface area contributed by atoms with Gasteiger partial charge in [0.05, 0.1) is 18.9 Å². The summed E-state index contributed by atoms with van der Waals surface area (Å²) in [6, 6.07) is 7.94. The minimum atomic E-state index is -0.649. The van der Waals surface area contributed by atoms with Crippen molar-refractivity contribution in [2.75, 3.05) is 20.2 Å². The molecule has 2 fully saturated rings. The smallest absolute Gasteiger partial charge is 0.267 e. The van der Waals surface area contributed by atoms with Crippen molar-refractivity contribution in [1.29, 1.82) is 0 Å². The Bertz CT molecular complexity index is 983. The molecule has 4 rings (SSSR count). The zero-order chi connectivity index (χ0) is 20.6. The zero-order valence-electron chi connectivity index (χ0n) is 16.7. The number of likely N-dealkylation sites (tertiary alicyclic amines) is 1. The summed E-state index contributed by atoms with van der Waals surface area (Å²) in [5.41, 5.74) is 1.19. The lowest BCUT2D eigenvalue weighted by Crippen LogP contribution is -2.66. The number of aryl methyl sites for hydroxylation is 1. The van der Waals surface area contributed by atoms with Crippen LogP contribution in [0, 0.1) is 12.3 Å². The molecule has 2 aliphatic rings. The second-order valence-corrected chi connectivity index (χ2v) is 8.17. The van der Waals surface area contributed by atoms with Crippen LogP contribution in [0.4, 0.5) is 0 Å². The highest BCUT2D eigenvalue weighted by molar-refractivity contribution is 5.89. The van der Waals surface area contributed by atoms with Crippen molar-refractivity contribution in [2.45, 2.75) is 38.6 Å². The molecule has 0 atom stereocenters. The summed E-state index contributed by atoms with van der Waals surface area (Å²) in [4.78, 5) is 39.2. The zero-order valence-corrected chi connectivity index (χ0v) is 16.7. The van der Waals surface area contributed by atoms with Gasteiger partial charge in [0, 0.05) is 30.4 Å². The van der Waals surface area contributed by atoms with Gasteiger partial charge in [-0.3, -0.25) is 19.5 Å². The number of nitrogens with one attached hydrogen (secondary N) is 3. The molecule has 1 aliphatic carbocycles. The van der Waals surface area contributed by atoms with Crippen LogP contribution in [0.15, 0.2) is 29.1 Å². The third kappa shape index (κ3) is 3.92. The van der Waals surface area contributed by atoms with E-state index in [0.717, 1.165) is 24.2 Å². The number of hydrogen-bond acceptors (Lipinski definition) is 4. The number of carbonyl (C=O) groups is 2. The van der Waals surface area contributed by atoms with Gasteiger partial charge in [-0.2, -0.15) is 0 Å². The lowest BCUT2D eigenvalue weighted by molar-refractivity contribution is -0.153. The van der Waals surface area contributed by atoms with Gasteiger partial charge >= 0.3 is 0 Å². The number of methoxy groups -OCH3 is 1. The van der Waals surface area contributed by atoms with Gasteiger partial charge in [-0.1, -0.05) is 12.1 Å². The highest BCUT2D eigenvalue weighted by atomic mass is 16.5. The second-order valence-electron chi connectivity index (χ2n) is 8.17. The number of carbonyl (C=O) groups excluding carboxylic acids is 2. The Labute approximate surface area is 168 Å². The molecule has 2 aromatic rings. The van der Waals surface area contributed by atoms with Gasteiger partial charge in [0.15, 0.2) is 0 Å². The van der Waals surface area contributed by atoms with E-state index in [1.165, 1.54) is 0 Å². The molecule has 0 unspecified atom stereocenters. The maximum Gasteiger partial charge on any atom is 0.267 e.